The SMILES string of the molecule is Cc1cc(C(C)(C)C)ccc1N1c2cc3c(cc2B2c4ccc5c(c4N(c4ccccc4C)c4cc(-c6ccccc6)cc1c42)C(C)(C)c1ccccc1-5)C(C)(C)CCC3(C)C. The van der Waals surface area contributed by atoms with Crippen molar-refractivity contribution in [2.24, 2.45) is 0 Å². The number of rotatable bonds is 3. The van der Waals surface area contributed by atoms with Gasteiger partial charge in [-0.3, -0.25) is 0 Å². The molecule has 0 unspecified atom stereocenters. The zero-order valence-electron chi connectivity index (χ0n) is 38.6. The largest absolute Gasteiger partial charge is 0.311 e. The lowest BCUT2D eigenvalue weighted by molar-refractivity contribution is 0.332. The van der Waals surface area contributed by atoms with E-state index in [4.69, 9.17) is 0 Å². The molecule has 308 valence electrons. The fourth-order valence-corrected chi connectivity index (χ4v) is 11.9. The second-order valence-corrected chi connectivity index (χ2v) is 21.8. The van der Waals surface area contributed by atoms with Gasteiger partial charge in [0.1, 0.15) is 0 Å². The first-order valence-corrected chi connectivity index (χ1v) is 22.9. The van der Waals surface area contributed by atoms with Crippen LogP contribution in [0.1, 0.15) is 114 Å². The normalized spacial score (nSPS) is 17.1. The first-order valence-electron chi connectivity index (χ1n) is 22.9. The van der Waals surface area contributed by atoms with Gasteiger partial charge in [0.05, 0.1) is 0 Å². The van der Waals surface area contributed by atoms with Crippen molar-refractivity contribution >= 4 is 57.2 Å². The van der Waals surface area contributed by atoms with Gasteiger partial charge in [0.2, 0.25) is 0 Å². The standard InChI is InChI=1S/C59H59BN2/c1-36-19-15-18-24-48(36)62-52-33-39(38-20-13-12-14-21-38)32-51-54(52)60(46-27-26-42-41-22-16-17-23-43(41)59(10,11)53(42)55(46)62)47-34-44-45(58(8,9)30-29-57(44,6)7)35-50(47)61(51)49-28-25-40(31-37(49)2)56(3,4)5/h12-28,31-35H,29-30H2,1-11H3. The third kappa shape index (κ3) is 5.49. The molecular weight excluding hydrogens is 747 g/mol. The van der Waals surface area contributed by atoms with E-state index in [1.807, 2.05) is 0 Å². The molecule has 0 saturated carbocycles. The molecule has 4 aliphatic rings. The van der Waals surface area contributed by atoms with Crippen molar-refractivity contribution in [1.29, 1.82) is 0 Å². The molecule has 0 atom stereocenters. The van der Waals surface area contributed by atoms with Gasteiger partial charge in [-0.2, -0.15) is 0 Å². The molecule has 2 aliphatic heterocycles. The summed E-state index contributed by atoms with van der Waals surface area (Å²) in [7, 11) is 0. The zero-order valence-corrected chi connectivity index (χ0v) is 38.6. The molecule has 62 heavy (non-hydrogen) atoms. The molecule has 0 N–H and O–H groups in total. The van der Waals surface area contributed by atoms with E-state index in [1.165, 1.54) is 125 Å². The molecule has 0 spiro atoms. The number of benzene rings is 7. The summed E-state index contributed by atoms with van der Waals surface area (Å²) in [6.45, 7) is 26.4. The van der Waals surface area contributed by atoms with Crippen LogP contribution in [0.5, 0.6) is 0 Å². The van der Waals surface area contributed by atoms with Gasteiger partial charge in [-0.05, 0) is 151 Å². The van der Waals surface area contributed by atoms with Crippen LogP contribution in [0.25, 0.3) is 22.3 Å². The topological polar surface area (TPSA) is 6.48 Å². The van der Waals surface area contributed by atoms with Gasteiger partial charge in [0.25, 0.3) is 6.71 Å². The number of hydrogen-bond donors (Lipinski definition) is 0. The van der Waals surface area contributed by atoms with Gasteiger partial charge in [-0.25, -0.2) is 0 Å². The summed E-state index contributed by atoms with van der Waals surface area (Å²) >= 11 is 0. The molecule has 0 radical (unpaired) electrons. The summed E-state index contributed by atoms with van der Waals surface area (Å²) in [4.78, 5) is 5.36. The van der Waals surface area contributed by atoms with Crippen LogP contribution in [0.3, 0.4) is 0 Å². The van der Waals surface area contributed by atoms with Crippen molar-refractivity contribution in [2.75, 3.05) is 9.80 Å². The molecular formula is C59H59BN2. The van der Waals surface area contributed by atoms with Crippen LogP contribution in [0.15, 0.2) is 133 Å². The Labute approximate surface area is 370 Å². The Hall–Kier alpha value is -5.80. The van der Waals surface area contributed by atoms with Crippen molar-refractivity contribution < 1.29 is 0 Å². The Morgan fingerprint density at radius 2 is 1.11 bits per heavy atom. The van der Waals surface area contributed by atoms with E-state index in [0.717, 1.165) is 0 Å². The number of para-hydroxylation sites is 1. The maximum atomic E-state index is 2.68. The van der Waals surface area contributed by atoms with E-state index < -0.39 is 0 Å². The van der Waals surface area contributed by atoms with E-state index in [0.29, 0.717) is 0 Å². The molecule has 2 heterocycles. The molecule has 7 aromatic carbocycles. The maximum absolute atomic E-state index is 2.68. The van der Waals surface area contributed by atoms with Crippen LogP contribution >= 0.6 is 0 Å². The summed E-state index contributed by atoms with van der Waals surface area (Å²) in [5, 5.41) is 0. The smallest absolute Gasteiger partial charge is 0.252 e. The van der Waals surface area contributed by atoms with Gasteiger partial charge >= 0.3 is 0 Å². The Balaban J connectivity index is 1.32. The predicted octanol–water partition coefficient (Wildman–Crippen LogP) is 14.0. The van der Waals surface area contributed by atoms with Crippen LogP contribution in [-0.2, 0) is 21.7 Å². The van der Waals surface area contributed by atoms with Gasteiger partial charge in [0, 0.05) is 39.5 Å². The summed E-state index contributed by atoms with van der Waals surface area (Å²) in [5.41, 5.74) is 26.7. The monoisotopic (exact) mass is 806 g/mol. The summed E-state index contributed by atoms with van der Waals surface area (Å²) < 4.78 is 0. The molecule has 2 nitrogen and oxygen atoms in total. The third-order valence-electron chi connectivity index (χ3n) is 15.5. The fourth-order valence-electron chi connectivity index (χ4n) is 11.9. The van der Waals surface area contributed by atoms with E-state index in [-0.39, 0.29) is 28.4 Å². The average Bonchev–Trinajstić information content (AvgIpc) is 3.48. The minimum Gasteiger partial charge on any atom is -0.311 e. The molecule has 2 aliphatic carbocycles. The van der Waals surface area contributed by atoms with Crippen LogP contribution in [0, 0.1) is 13.8 Å². The second kappa shape index (κ2) is 13.1. The lowest BCUT2D eigenvalue weighted by Crippen LogP contribution is -2.62. The van der Waals surface area contributed by atoms with E-state index >= 15 is 0 Å². The summed E-state index contributed by atoms with van der Waals surface area (Å²) in [6, 6.07) is 51.8. The third-order valence-corrected chi connectivity index (χ3v) is 15.5. The number of fused-ring (bicyclic) bond motifs is 9. The van der Waals surface area contributed by atoms with Gasteiger partial charge in [0.15, 0.2) is 0 Å². The Morgan fingerprint density at radius 3 is 1.81 bits per heavy atom. The van der Waals surface area contributed by atoms with Crippen LogP contribution in [-0.4, -0.2) is 6.71 Å². The zero-order chi connectivity index (χ0) is 43.2. The highest BCUT2D eigenvalue weighted by atomic mass is 15.2. The van der Waals surface area contributed by atoms with E-state index in [9.17, 15) is 0 Å². The summed E-state index contributed by atoms with van der Waals surface area (Å²) in [6.07, 6.45) is 2.34. The van der Waals surface area contributed by atoms with Gasteiger partial charge in [-0.15, -0.1) is 0 Å². The second-order valence-electron chi connectivity index (χ2n) is 21.8. The number of aryl methyl sites for hydroxylation is 2. The molecule has 0 saturated heterocycles. The number of hydrogen-bond acceptors (Lipinski definition) is 2. The van der Waals surface area contributed by atoms with Crippen LogP contribution in [0.2, 0.25) is 0 Å². The molecule has 0 bridgehead atoms. The molecule has 0 aromatic heterocycles. The minimum atomic E-state index is -0.215. The van der Waals surface area contributed by atoms with Crippen LogP contribution in [0.4, 0.5) is 34.1 Å². The summed E-state index contributed by atoms with van der Waals surface area (Å²) in [5.74, 6) is 0. The molecule has 11 rings (SSSR count). The van der Waals surface area contributed by atoms with Crippen LogP contribution < -0.4 is 26.2 Å². The lowest BCUT2D eigenvalue weighted by Gasteiger charge is -2.48. The maximum Gasteiger partial charge on any atom is 0.252 e. The first-order chi connectivity index (χ1) is 29.5. The van der Waals surface area contributed by atoms with E-state index in [1.54, 1.807) is 0 Å². The first kappa shape index (κ1) is 39.1. The van der Waals surface area contributed by atoms with Crippen molar-refractivity contribution in [3.05, 3.63) is 172 Å². The highest BCUT2D eigenvalue weighted by Gasteiger charge is 2.50. The van der Waals surface area contributed by atoms with E-state index in [2.05, 4.69) is 219 Å². The fraction of sp³-hybridized carbons (Fsp3) is 0.288. The highest BCUT2D eigenvalue weighted by molar-refractivity contribution is 7.00. The Bertz CT molecular complexity index is 3010. The highest BCUT2D eigenvalue weighted by Crippen LogP contribution is 2.57. The van der Waals surface area contributed by atoms with Crippen molar-refractivity contribution in [1.82, 2.24) is 0 Å². The number of nitrogens with zero attached hydrogens (tertiary/aromatic N) is 2. The Morgan fingerprint density at radius 1 is 0.484 bits per heavy atom. The molecule has 0 amide bonds. The van der Waals surface area contributed by atoms with Crippen molar-refractivity contribution in [2.45, 2.75) is 111 Å². The molecule has 0 fully saturated rings. The van der Waals surface area contributed by atoms with Crippen molar-refractivity contribution in [3.63, 3.8) is 0 Å². The lowest BCUT2D eigenvalue weighted by atomic mass is 9.32. The minimum absolute atomic E-state index is 0.0245. The predicted molar refractivity (Wildman–Crippen MR) is 267 cm³/mol. The Kier molecular flexibility index (Phi) is 8.27. The quantitative estimate of drug-likeness (QED) is 0.164. The number of anilines is 6. The van der Waals surface area contributed by atoms with Gasteiger partial charge < -0.3 is 9.80 Å². The van der Waals surface area contributed by atoms with Crippen molar-refractivity contribution in [3.8, 4) is 22.3 Å². The molecule has 3 heteroatoms. The molecule has 7 aromatic rings. The van der Waals surface area contributed by atoms with Gasteiger partial charge in [-0.1, -0.05) is 165 Å². The average molecular weight is 807 g/mol.